The molecule has 1 aliphatic rings. The summed E-state index contributed by atoms with van der Waals surface area (Å²) in [4.78, 5) is 0. The minimum absolute atomic E-state index is 0.126. The summed E-state index contributed by atoms with van der Waals surface area (Å²) in [5.74, 6) is 0.727. The molecule has 1 fully saturated rings. The van der Waals surface area contributed by atoms with Gasteiger partial charge in [0.25, 0.3) is 0 Å². The molecule has 1 rings (SSSR count). The van der Waals surface area contributed by atoms with Crippen LogP contribution in [0.3, 0.4) is 0 Å². The second-order valence-corrected chi connectivity index (χ2v) is 4.08. The zero-order valence-corrected chi connectivity index (χ0v) is 7.67. The van der Waals surface area contributed by atoms with Gasteiger partial charge in [-0.25, -0.2) is 0 Å². The van der Waals surface area contributed by atoms with Crippen molar-refractivity contribution in [3.8, 4) is 0 Å². The lowest BCUT2D eigenvalue weighted by molar-refractivity contribution is 0.164. The summed E-state index contributed by atoms with van der Waals surface area (Å²) in [7, 11) is 0. The van der Waals surface area contributed by atoms with E-state index in [-0.39, 0.29) is 6.10 Å². The van der Waals surface area contributed by atoms with Gasteiger partial charge in [-0.2, -0.15) is 0 Å². The fraction of sp³-hybridized carbons (Fsp3) is 1.00. The third kappa shape index (κ3) is 2.46. The zero-order valence-electron chi connectivity index (χ0n) is 7.67. The van der Waals surface area contributed by atoms with E-state index >= 15 is 0 Å². The molecule has 1 saturated heterocycles. The molecule has 0 aliphatic carbocycles. The summed E-state index contributed by atoms with van der Waals surface area (Å²) in [6.45, 7) is 6.49. The van der Waals surface area contributed by atoms with Crippen LogP contribution >= 0.6 is 0 Å². The highest BCUT2D eigenvalue weighted by molar-refractivity contribution is 4.88. The van der Waals surface area contributed by atoms with Crippen molar-refractivity contribution < 1.29 is 5.11 Å². The standard InChI is InChI=1S/C9H19NO/c1-6(2)4-8-5-9(11)7(3)10-8/h6-11H,4-5H2,1-3H3/t7-,8-,9-/m1/s1. The molecule has 1 heterocycles. The van der Waals surface area contributed by atoms with Gasteiger partial charge in [0.1, 0.15) is 0 Å². The van der Waals surface area contributed by atoms with Gasteiger partial charge in [0.05, 0.1) is 6.10 Å². The number of rotatable bonds is 2. The van der Waals surface area contributed by atoms with Crippen molar-refractivity contribution >= 4 is 0 Å². The van der Waals surface area contributed by atoms with E-state index in [0.717, 1.165) is 12.3 Å². The van der Waals surface area contributed by atoms with E-state index in [0.29, 0.717) is 12.1 Å². The topological polar surface area (TPSA) is 32.3 Å². The first kappa shape index (κ1) is 9.01. The minimum Gasteiger partial charge on any atom is -0.391 e. The molecule has 0 spiro atoms. The van der Waals surface area contributed by atoms with Gasteiger partial charge in [0.15, 0.2) is 0 Å². The third-order valence-corrected chi connectivity index (χ3v) is 2.36. The van der Waals surface area contributed by atoms with Crippen molar-refractivity contribution in [1.82, 2.24) is 5.32 Å². The van der Waals surface area contributed by atoms with Gasteiger partial charge in [0.2, 0.25) is 0 Å². The fourth-order valence-corrected chi connectivity index (χ4v) is 1.78. The van der Waals surface area contributed by atoms with E-state index in [1.54, 1.807) is 0 Å². The average molecular weight is 157 g/mol. The van der Waals surface area contributed by atoms with Crippen molar-refractivity contribution in [2.45, 2.75) is 51.8 Å². The van der Waals surface area contributed by atoms with E-state index < -0.39 is 0 Å². The number of hydrogen-bond donors (Lipinski definition) is 2. The third-order valence-electron chi connectivity index (χ3n) is 2.36. The second kappa shape index (κ2) is 3.55. The van der Waals surface area contributed by atoms with Crippen LogP contribution in [0.5, 0.6) is 0 Å². The van der Waals surface area contributed by atoms with E-state index in [9.17, 15) is 5.11 Å². The molecule has 3 atom stereocenters. The van der Waals surface area contributed by atoms with E-state index in [2.05, 4.69) is 19.2 Å². The predicted octanol–water partition coefficient (Wildman–Crippen LogP) is 1.14. The van der Waals surface area contributed by atoms with Crippen LogP contribution in [0.1, 0.15) is 33.6 Å². The number of aliphatic hydroxyl groups excluding tert-OH is 1. The molecule has 0 aromatic carbocycles. The Morgan fingerprint density at radius 2 is 2.18 bits per heavy atom. The first-order chi connectivity index (χ1) is 5.09. The normalized spacial score (nSPS) is 38.5. The van der Waals surface area contributed by atoms with Crippen molar-refractivity contribution in [3.63, 3.8) is 0 Å². The Balaban J connectivity index is 2.29. The van der Waals surface area contributed by atoms with Crippen LogP contribution in [0.15, 0.2) is 0 Å². The summed E-state index contributed by atoms with van der Waals surface area (Å²) < 4.78 is 0. The molecule has 0 unspecified atom stereocenters. The number of nitrogens with one attached hydrogen (secondary N) is 1. The van der Waals surface area contributed by atoms with Crippen LogP contribution < -0.4 is 5.32 Å². The van der Waals surface area contributed by atoms with Gasteiger partial charge in [0, 0.05) is 12.1 Å². The Morgan fingerprint density at radius 1 is 1.55 bits per heavy atom. The lowest BCUT2D eigenvalue weighted by Gasteiger charge is -2.12. The molecule has 1 aliphatic heterocycles. The first-order valence-electron chi connectivity index (χ1n) is 4.53. The summed E-state index contributed by atoms with van der Waals surface area (Å²) >= 11 is 0. The Kier molecular flexibility index (Phi) is 2.90. The van der Waals surface area contributed by atoms with Crippen molar-refractivity contribution in [2.75, 3.05) is 0 Å². The van der Waals surface area contributed by atoms with Gasteiger partial charge in [-0.15, -0.1) is 0 Å². The molecule has 0 aromatic heterocycles. The molecule has 2 nitrogen and oxygen atoms in total. The van der Waals surface area contributed by atoms with Gasteiger partial charge >= 0.3 is 0 Å². The summed E-state index contributed by atoms with van der Waals surface area (Å²) in [6, 6.07) is 0.832. The van der Waals surface area contributed by atoms with Crippen molar-refractivity contribution in [3.05, 3.63) is 0 Å². The molecule has 0 radical (unpaired) electrons. The van der Waals surface area contributed by atoms with E-state index in [1.807, 2.05) is 6.92 Å². The molecule has 66 valence electrons. The molecular formula is C9H19NO. The quantitative estimate of drug-likeness (QED) is 0.630. The average Bonchev–Trinajstić information content (AvgIpc) is 2.10. The summed E-state index contributed by atoms with van der Waals surface area (Å²) in [5, 5.41) is 12.8. The number of hydrogen-bond acceptors (Lipinski definition) is 2. The lowest BCUT2D eigenvalue weighted by Crippen LogP contribution is -2.30. The molecule has 0 saturated carbocycles. The molecule has 0 aromatic rings. The second-order valence-electron chi connectivity index (χ2n) is 4.08. The first-order valence-corrected chi connectivity index (χ1v) is 4.53. The maximum absolute atomic E-state index is 9.42. The lowest BCUT2D eigenvalue weighted by atomic mass is 10.0. The molecule has 2 heteroatoms. The monoisotopic (exact) mass is 157 g/mol. The Hall–Kier alpha value is -0.0800. The molecule has 0 amide bonds. The smallest absolute Gasteiger partial charge is 0.0705 e. The molecule has 11 heavy (non-hydrogen) atoms. The molecule has 0 bridgehead atoms. The minimum atomic E-state index is -0.126. The maximum Gasteiger partial charge on any atom is 0.0705 e. The Labute approximate surface area is 69.0 Å². The summed E-state index contributed by atoms with van der Waals surface area (Å²) in [5.41, 5.74) is 0. The zero-order chi connectivity index (χ0) is 8.43. The predicted molar refractivity (Wildman–Crippen MR) is 46.5 cm³/mol. The molecule has 2 N–H and O–H groups in total. The van der Waals surface area contributed by atoms with Gasteiger partial charge in [-0.05, 0) is 25.7 Å². The van der Waals surface area contributed by atoms with E-state index in [1.165, 1.54) is 6.42 Å². The highest BCUT2D eigenvalue weighted by Gasteiger charge is 2.28. The van der Waals surface area contributed by atoms with Crippen LogP contribution in [0, 0.1) is 5.92 Å². The largest absolute Gasteiger partial charge is 0.391 e. The van der Waals surface area contributed by atoms with Crippen LogP contribution in [-0.4, -0.2) is 23.3 Å². The highest BCUT2D eigenvalue weighted by atomic mass is 16.3. The van der Waals surface area contributed by atoms with Crippen molar-refractivity contribution in [2.24, 2.45) is 5.92 Å². The Bertz CT molecular complexity index is 112. The van der Waals surface area contributed by atoms with Crippen LogP contribution in [0.25, 0.3) is 0 Å². The highest BCUT2D eigenvalue weighted by Crippen LogP contribution is 2.18. The molecular weight excluding hydrogens is 138 g/mol. The van der Waals surface area contributed by atoms with Crippen molar-refractivity contribution in [1.29, 1.82) is 0 Å². The Morgan fingerprint density at radius 3 is 2.55 bits per heavy atom. The number of aliphatic hydroxyl groups is 1. The summed E-state index contributed by atoms with van der Waals surface area (Å²) in [6.07, 6.45) is 1.99. The van der Waals surface area contributed by atoms with Gasteiger partial charge in [-0.3, -0.25) is 0 Å². The van der Waals surface area contributed by atoms with E-state index in [4.69, 9.17) is 0 Å². The SMILES string of the molecule is CC(C)C[C@@H]1C[C@@H](O)[C@@H](C)N1. The van der Waals surface area contributed by atoms with Crippen LogP contribution in [-0.2, 0) is 0 Å². The van der Waals surface area contributed by atoms with Gasteiger partial charge < -0.3 is 10.4 Å². The maximum atomic E-state index is 9.42. The van der Waals surface area contributed by atoms with Crippen LogP contribution in [0.4, 0.5) is 0 Å². The van der Waals surface area contributed by atoms with Crippen LogP contribution in [0.2, 0.25) is 0 Å². The van der Waals surface area contributed by atoms with Gasteiger partial charge in [-0.1, -0.05) is 13.8 Å². The fourth-order valence-electron chi connectivity index (χ4n) is 1.78.